The second kappa shape index (κ2) is 11.3. The van der Waals surface area contributed by atoms with Crippen molar-refractivity contribution >= 4 is 66.6 Å². The first-order chi connectivity index (χ1) is 21.1. The number of rotatable bonds is 8. The number of carbonyl (C=O) groups excluding carboxylic acids is 1. The van der Waals surface area contributed by atoms with E-state index in [1.54, 1.807) is 11.3 Å². The van der Waals surface area contributed by atoms with Gasteiger partial charge in [-0.1, -0.05) is 41.3 Å². The van der Waals surface area contributed by atoms with Crippen molar-refractivity contribution in [3.8, 4) is 0 Å². The number of anilines is 1. The fourth-order valence-electron chi connectivity index (χ4n) is 6.43. The highest BCUT2D eigenvalue weighted by molar-refractivity contribution is 8.03. The number of thiazole rings is 1. The smallest absolute Gasteiger partial charge is 0.305 e. The van der Waals surface area contributed by atoms with Crippen LogP contribution in [0, 0.1) is 0 Å². The van der Waals surface area contributed by atoms with Crippen molar-refractivity contribution in [2.75, 3.05) is 24.5 Å². The van der Waals surface area contributed by atoms with Crippen LogP contribution in [0.1, 0.15) is 36.8 Å². The van der Waals surface area contributed by atoms with Crippen LogP contribution in [0.15, 0.2) is 64.0 Å². The van der Waals surface area contributed by atoms with Crippen LogP contribution in [-0.4, -0.2) is 71.9 Å². The number of aromatic nitrogens is 1. The van der Waals surface area contributed by atoms with Gasteiger partial charge >= 0.3 is 5.97 Å². The molecule has 10 nitrogen and oxygen atoms in total. The van der Waals surface area contributed by atoms with E-state index in [2.05, 4.69) is 39.8 Å². The van der Waals surface area contributed by atoms with E-state index >= 15 is 0 Å². The Morgan fingerprint density at radius 2 is 2.00 bits per heavy atom. The van der Waals surface area contributed by atoms with Crippen LogP contribution in [0.3, 0.4) is 0 Å². The predicted molar refractivity (Wildman–Crippen MR) is 168 cm³/mol. The Hall–Kier alpha value is -3.23. The number of thioether (sulfide) groups is 1. The Balaban J connectivity index is 1.18. The van der Waals surface area contributed by atoms with Crippen LogP contribution in [0.25, 0.3) is 15.8 Å². The summed E-state index contributed by atoms with van der Waals surface area (Å²) in [4.78, 5) is 29.3. The quantitative estimate of drug-likeness (QED) is 0.273. The van der Waals surface area contributed by atoms with Gasteiger partial charge in [0.2, 0.25) is 11.4 Å². The molecule has 0 radical (unpaired) electrons. The van der Waals surface area contributed by atoms with Gasteiger partial charge in [0.15, 0.2) is 6.54 Å². The summed E-state index contributed by atoms with van der Waals surface area (Å²) in [5.41, 5.74) is 5.51. The number of benzene rings is 2. The highest BCUT2D eigenvalue weighted by atomic mass is 32.2. The van der Waals surface area contributed by atoms with Crippen molar-refractivity contribution in [2.45, 2.75) is 61.5 Å². The van der Waals surface area contributed by atoms with Gasteiger partial charge in [-0.3, -0.25) is 14.1 Å². The number of hydrogen-bond donors (Lipinski definition) is 2. The molecule has 5 heterocycles. The monoisotopic (exact) mass is 654 g/mol. The Morgan fingerprint density at radius 1 is 1.18 bits per heavy atom. The number of carboxylic acid groups (broad SMARTS) is 1. The molecule has 4 aliphatic heterocycles. The van der Waals surface area contributed by atoms with E-state index < -0.39 is 27.2 Å². The highest BCUT2D eigenvalue weighted by Gasteiger charge is 2.43. The largest absolute Gasteiger partial charge is 0.481 e. The van der Waals surface area contributed by atoms with Crippen molar-refractivity contribution in [2.24, 2.45) is 0 Å². The van der Waals surface area contributed by atoms with E-state index in [4.69, 9.17) is 9.84 Å². The minimum absolute atomic E-state index is 0.0129. The normalized spacial score (nSPS) is 21.1. The van der Waals surface area contributed by atoms with Crippen molar-refractivity contribution in [3.63, 3.8) is 0 Å². The summed E-state index contributed by atoms with van der Waals surface area (Å²) in [5.74, 6) is -1.49. The number of hydrogen-bond acceptors (Lipinski definition) is 8. The Kier molecular flexibility index (Phi) is 7.56. The van der Waals surface area contributed by atoms with Gasteiger partial charge in [-0.15, -0.1) is 0 Å². The molecule has 0 bridgehead atoms. The molecule has 230 valence electrons. The summed E-state index contributed by atoms with van der Waals surface area (Å²) in [5, 5.41) is 10.3. The molecule has 0 saturated carbocycles. The maximum atomic E-state index is 13.2. The molecule has 44 heavy (non-hydrogen) atoms. The van der Waals surface area contributed by atoms with E-state index in [9.17, 15) is 22.6 Å². The average molecular weight is 655 g/mol. The lowest BCUT2D eigenvalue weighted by Crippen LogP contribution is -2.47. The molecule has 13 heteroatoms. The van der Waals surface area contributed by atoms with E-state index in [-0.39, 0.29) is 38.1 Å². The number of nitrogens with zero attached hydrogens (tertiary/aromatic N) is 3. The van der Waals surface area contributed by atoms with Gasteiger partial charge in [0.1, 0.15) is 9.95 Å². The second-order valence-corrected chi connectivity index (χ2v) is 15.5. The van der Waals surface area contributed by atoms with Crippen molar-refractivity contribution in [1.82, 2.24) is 4.90 Å². The molecular weight excluding hydrogens is 623 g/mol. The van der Waals surface area contributed by atoms with E-state index in [1.807, 2.05) is 30.0 Å². The number of amides is 1. The summed E-state index contributed by atoms with van der Waals surface area (Å²) in [6.07, 6.45) is 3.97. The van der Waals surface area contributed by atoms with Crippen LogP contribution in [0.4, 0.5) is 5.69 Å². The maximum Gasteiger partial charge on any atom is 0.305 e. The molecule has 3 unspecified atom stereocenters. The van der Waals surface area contributed by atoms with Crippen LogP contribution in [-0.2, 0) is 37.4 Å². The van der Waals surface area contributed by atoms with Gasteiger partial charge < -0.3 is 19.6 Å². The van der Waals surface area contributed by atoms with Gasteiger partial charge in [-0.05, 0) is 43.2 Å². The van der Waals surface area contributed by atoms with Crippen molar-refractivity contribution < 1.29 is 37.0 Å². The van der Waals surface area contributed by atoms with Gasteiger partial charge in [0, 0.05) is 42.6 Å². The molecule has 1 aromatic heterocycles. The number of aryl methyl sites for hydroxylation is 1. The van der Waals surface area contributed by atoms with E-state index in [1.165, 1.54) is 38.6 Å². The Morgan fingerprint density at radius 3 is 2.80 bits per heavy atom. The first-order valence-electron chi connectivity index (χ1n) is 14.6. The molecule has 2 aromatic carbocycles. The number of fused-ring (bicyclic) bond motifs is 9. The average Bonchev–Trinajstić information content (AvgIpc) is 3.56. The Labute approximate surface area is 263 Å². The summed E-state index contributed by atoms with van der Waals surface area (Å²) >= 11 is 3.48. The van der Waals surface area contributed by atoms with E-state index in [0.717, 1.165) is 46.7 Å². The molecule has 0 spiro atoms. The molecule has 1 amide bonds. The second-order valence-electron chi connectivity index (χ2n) is 11.6. The lowest BCUT2D eigenvalue weighted by molar-refractivity contribution is -0.674. The minimum atomic E-state index is -4.37. The lowest BCUT2D eigenvalue weighted by Gasteiger charge is -2.38. The summed E-state index contributed by atoms with van der Waals surface area (Å²) < 4.78 is 42.7. The predicted octanol–water partition coefficient (Wildman–Crippen LogP) is 4.09. The zero-order valence-corrected chi connectivity index (χ0v) is 26.5. The molecule has 2 N–H and O–H groups in total. The lowest BCUT2D eigenvalue weighted by atomic mass is 9.92. The van der Waals surface area contributed by atoms with Crippen LogP contribution in [0.2, 0.25) is 0 Å². The van der Waals surface area contributed by atoms with Crippen molar-refractivity contribution in [1.29, 1.82) is 0 Å². The number of para-hydroxylation sites is 1. The molecule has 0 aliphatic carbocycles. The van der Waals surface area contributed by atoms with Gasteiger partial charge in [-0.25, -0.2) is 0 Å². The first-order valence-corrected chi connectivity index (χ1v) is 17.8. The summed E-state index contributed by atoms with van der Waals surface area (Å²) in [6, 6.07) is 14.4. The number of carbonyl (C=O) groups is 2. The van der Waals surface area contributed by atoms with Crippen molar-refractivity contribution in [3.05, 3.63) is 69.7 Å². The SMILES string of the molecule is CC(CN(CCC(=O)O)C(=O)Cc1ccc2c(c1)sc1[n+]2CCC2OC3CCN4C(=C3C=C12)Sc1ccccc14)S(=O)(=O)O. The van der Waals surface area contributed by atoms with Gasteiger partial charge in [-0.2, -0.15) is 13.0 Å². The number of aliphatic carboxylic acids is 1. The molecule has 4 aliphatic rings. The van der Waals surface area contributed by atoms with E-state index in [0.29, 0.717) is 0 Å². The third kappa shape index (κ3) is 5.34. The van der Waals surface area contributed by atoms with Crippen LogP contribution >= 0.6 is 23.1 Å². The highest BCUT2D eigenvalue weighted by Crippen LogP contribution is 2.52. The number of ether oxygens (including phenoxy) is 1. The number of carboxylic acids is 1. The van der Waals surface area contributed by atoms with Gasteiger partial charge in [0.25, 0.3) is 15.1 Å². The standard InChI is InChI=1S/C31H31N3O7S3/c1-18(44(38,39)40)17-32(11-10-29(36)37)28(35)15-19-6-7-23-27(14-19)43-31-21-16-20-24(41-25(21)9-13-34(23)31)8-12-33-22-4-2-3-5-26(22)42-30(20)33/h2-7,14,16,18,24-25H,8-13,15,17H2,1H3,(H-,36,37,38,39,40)/p+1. The zero-order chi connectivity index (χ0) is 30.7. The molecule has 3 atom stereocenters. The molecule has 7 rings (SSSR count). The summed E-state index contributed by atoms with van der Waals surface area (Å²) in [6.45, 7) is 2.63. The maximum absolute atomic E-state index is 13.2. The van der Waals surface area contributed by atoms with Crippen LogP contribution in [0.5, 0.6) is 0 Å². The Bertz CT molecular complexity index is 1870. The molecule has 0 saturated heterocycles. The van der Waals surface area contributed by atoms with Gasteiger partial charge in [0.05, 0.1) is 41.3 Å². The minimum Gasteiger partial charge on any atom is -0.481 e. The molecule has 0 fully saturated rings. The first kappa shape index (κ1) is 29.5. The topological polar surface area (TPSA) is 128 Å². The zero-order valence-electron chi connectivity index (χ0n) is 24.0. The molecular formula is C31H32N3O7S3+. The van der Waals surface area contributed by atoms with Crippen LogP contribution < -0.4 is 9.47 Å². The molecule has 3 aromatic rings. The third-order valence-electron chi connectivity index (χ3n) is 8.72. The third-order valence-corrected chi connectivity index (χ3v) is 12.3. The fraction of sp³-hybridized carbons (Fsp3) is 0.387. The summed E-state index contributed by atoms with van der Waals surface area (Å²) in [7, 11) is -4.37. The fourth-order valence-corrected chi connectivity index (χ4v) is 9.35.